The smallest absolute Gasteiger partial charge is 0.303 e. The molecule has 0 aromatic heterocycles. The zero-order chi connectivity index (χ0) is 23.8. The van der Waals surface area contributed by atoms with E-state index in [9.17, 15) is 9.59 Å². The average Bonchev–Trinajstić information content (AvgIpc) is 2.72. The summed E-state index contributed by atoms with van der Waals surface area (Å²) < 4.78 is 5.62. The van der Waals surface area contributed by atoms with Gasteiger partial charge in [-0.1, -0.05) is 11.8 Å². The first-order valence-electron chi connectivity index (χ1n) is 10.3. The molecule has 2 aromatic carbocycles. The minimum Gasteiger partial charge on any atom is -0.481 e. The number of nitrogens with one attached hydrogen (secondary N) is 1. The summed E-state index contributed by atoms with van der Waals surface area (Å²) in [6.07, 6.45) is -0.237. The summed E-state index contributed by atoms with van der Waals surface area (Å²) in [6.45, 7) is 7.84. The van der Waals surface area contributed by atoms with Crippen molar-refractivity contribution >= 4 is 23.4 Å². The van der Waals surface area contributed by atoms with Crippen LogP contribution in [-0.4, -0.2) is 35.5 Å². The van der Waals surface area contributed by atoms with Crippen LogP contribution in [0.4, 0.5) is 5.69 Å². The number of aliphatic carboxylic acids is 1. The van der Waals surface area contributed by atoms with Crippen LogP contribution < -0.4 is 15.4 Å². The van der Waals surface area contributed by atoms with E-state index in [1.165, 1.54) is 0 Å². The number of amides is 1. The molecule has 0 bridgehead atoms. The van der Waals surface area contributed by atoms with Crippen LogP contribution in [0.15, 0.2) is 36.4 Å². The Morgan fingerprint density at radius 3 is 2.34 bits per heavy atom. The van der Waals surface area contributed by atoms with Crippen molar-refractivity contribution in [3.8, 4) is 17.6 Å². The lowest BCUT2D eigenvalue weighted by molar-refractivity contribution is -0.138. The number of hydrogen-bond acceptors (Lipinski definition) is 4. The molecule has 32 heavy (non-hydrogen) atoms. The van der Waals surface area contributed by atoms with Crippen molar-refractivity contribution < 1.29 is 19.4 Å². The van der Waals surface area contributed by atoms with Gasteiger partial charge in [0.2, 0.25) is 5.91 Å². The monoisotopic (exact) mass is 435 g/mol. The summed E-state index contributed by atoms with van der Waals surface area (Å²) in [5, 5.41) is 16.3. The van der Waals surface area contributed by atoms with Gasteiger partial charge >= 0.3 is 5.97 Å². The topological polar surface area (TPSA) is 117 Å². The predicted molar refractivity (Wildman–Crippen MR) is 125 cm³/mol. The number of rotatable bonds is 8. The van der Waals surface area contributed by atoms with Crippen LogP contribution in [0.1, 0.15) is 48.9 Å². The van der Waals surface area contributed by atoms with Crippen LogP contribution in [0, 0.1) is 31.1 Å². The van der Waals surface area contributed by atoms with Gasteiger partial charge in [0.05, 0.1) is 6.42 Å². The lowest BCUT2D eigenvalue weighted by Gasteiger charge is -2.29. The molecule has 4 N–H and O–H groups in total. The minimum atomic E-state index is -0.988. The summed E-state index contributed by atoms with van der Waals surface area (Å²) in [5.41, 5.74) is 9.48. The fourth-order valence-electron chi connectivity index (χ4n) is 3.21. The third-order valence-electron chi connectivity index (χ3n) is 4.84. The van der Waals surface area contributed by atoms with Gasteiger partial charge in [-0.2, -0.15) is 0 Å². The van der Waals surface area contributed by atoms with Gasteiger partial charge in [-0.15, -0.1) is 0 Å². The van der Waals surface area contributed by atoms with Gasteiger partial charge in [0.15, 0.2) is 0 Å². The minimum absolute atomic E-state index is 0.00486. The highest BCUT2D eigenvalue weighted by Gasteiger charge is 2.22. The first-order chi connectivity index (χ1) is 15.1. The van der Waals surface area contributed by atoms with E-state index >= 15 is 0 Å². The van der Waals surface area contributed by atoms with Crippen molar-refractivity contribution in [2.24, 2.45) is 5.73 Å². The largest absolute Gasteiger partial charge is 0.481 e. The molecular weight excluding hydrogens is 406 g/mol. The summed E-state index contributed by atoms with van der Waals surface area (Å²) in [4.78, 5) is 25.1. The van der Waals surface area contributed by atoms with Gasteiger partial charge in [-0.05, 0) is 75.2 Å². The van der Waals surface area contributed by atoms with E-state index in [4.69, 9.17) is 21.0 Å². The van der Waals surface area contributed by atoms with Crippen LogP contribution >= 0.6 is 0 Å². The van der Waals surface area contributed by atoms with Crippen molar-refractivity contribution in [1.29, 1.82) is 5.41 Å². The highest BCUT2D eigenvalue weighted by atomic mass is 16.5. The first kappa shape index (κ1) is 24.5. The molecule has 0 aliphatic heterocycles. The van der Waals surface area contributed by atoms with Crippen LogP contribution in [-0.2, 0) is 9.59 Å². The second-order valence-corrected chi connectivity index (χ2v) is 7.73. The zero-order valence-corrected chi connectivity index (χ0v) is 18.9. The summed E-state index contributed by atoms with van der Waals surface area (Å²) in [7, 11) is 0. The number of carbonyl (C=O) groups is 2. The number of nitrogen functional groups attached to an aromatic ring is 1. The number of carbonyl (C=O) groups excluding carboxylic acids is 1. The van der Waals surface area contributed by atoms with Crippen LogP contribution in [0.2, 0.25) is 0 Å². The summed E-state index contributed by atoms with van der Waals surface area (Å²) in [6, 6.07) is 10.7. The predicted octanol–water partition coefficient (Wildman–Crippen LogP) is 3.62. The third kappa shape index (κ3) is 6.61. The van der Waals surface area contributed by atoms with Gasteiger partial charge in [-0.3, -0.25) is 15.0 Å². The molecule has 0 spiro atoms. The van der Waals surface area contributed by atoms with Gasteiger partial charge in [-0.25, -0.2) is 0 Å². The van der Waals surface area contributed by atoms with Gasteiger partial charge in [0, 0.05) is 29.3 Å². The Kier molecular flexibility index (Phi) is 8.42. The lowest BCUT2D eigenvalue weighted by Crippen LogP contribution is -2.37. The SMILES string of the molecule is Cc1cc(N(C(=O)CCC(=O)O)C(C)C)c(C)cc1C#CCOc1ccc(C(=N)N)cc1. The third-order valence-corrected chi connectivity index (χ3v) is 4.84. The Morgan fingerprint density at radius 1 is 1.12 bits per heavy atom. The Bertz CT molecular complexity index is 1060. The molecule has 0 aliphatic carbocycles. The molecule has 2 rings (SSSR count). The molecule has 0 fully saturated rings. The molecule has 7 nitrogen and oxygen atoms in total. The number of carboxylic acid groups (broad SMARTS) is 1. The highest BCUT2D eigenvalue weighted by molar-refractivity contribution is 5.96. The molecule has 7 heteroatoms. The van der Waals surface area contributed by atoms with Crippen molar-refractivity contribution in [2.45, 2.75) is 46.6 Å². The number of nitrogens with zero attached hydrogens (tertiary/aromatic N) is 1. The molecule has 1 amide bonds. The number of carboxylic acids is 1. The van der Waals surface area contributed by atoms with Gasteiger partial charge in [0.1, 0.15) is 18.2 Å². The van der Waals surface area contributed by atoms with E-state index in [0.29, 0.717) is 11.3 Å². The Morgan fingerprint density at radius 2 is 1.78 bits per heavy atom. The fourth-order valence-corrected chi connectivity index (χ4v) is 3.21. The van der Waals surface area contributed by atoms with E-state index in [1.807, 2.05) is 39.8 Å². The summed E-state index contributed by atoms with van der Waals surface area (Å²) >= 11 is 0. The van der Waals surface area contributed by atoms with Crippen LogP contribution in [0.3, 0.4) is 0 Å². The quantitative estimate of drug-likeness (QED) is 0.333. The standard InChI is InChI=1S/C25H29N3O4/c1-16(2)28(23(29)11-12-24(30)31)22-15-17(3)20(14-18(22)4)6-5-13-32-21-9-7-19(8-10-21)25(26)27/h7-10,14-16H,11-13H2,1-4H3,(H3,26,27)(H,30,31). The second-order valence-electron chi connectivity index (χ2n) is 7.73. The number of amidine groups is 1. The average molecular weight is 436 g/mol. The first-order valence-corrected chi connectivity index (χ1v) is 10.3. The van der Waals surface area contributed by atoms with Gasteiger partial charge in [0.25, 0.3) is 0 Å². The highest BCUT2D eigenvalue weighted by Crippen LogP contribution is 2.27. The second kappa shape index (κ2) is 11.0. The van der Waals surface area contributed by atoms with Crippen molar-refractivity contribution in [3.05, 3.63) is 58.7 Å². The van der Waals surface area contributed by atoms with E-state index in [-0.39, 0.29) is 37.2 Å². The molecular formula is C25H29N3O4. The fraction of sp³-hybridized carbons (Fsp3) is 0.320. The summed E-state index contributed by atoms with van der Waals surface area (Å²) in [5.74, 6) is 5.55. The van der Waals surface area contributed by atoms with Crippen LogP contribution in [0.25, 0.3) is 0 Å². The van der Waals surface area contributed by atoms with E-state index in [1.54, 1.807) is 29.2 Å². The number of anilines is 1. The molecule has 2 aromatic rings. The lowest BCUT2D eigenvalue weighted by atomic mass is 10.0. The zero-order valence-electron chi connectivity index (χ0n) is 18.9. The maximum atomic E-state index is 12.6. The number of aryl methyl sites for hydroxylation is 2. The number of benzene rings is 2. The Labute approximate surface area is 188 Å². The molecule has 0 saturated carbocycles. The maximum absolute atomic E-state index is 12.6. The van der Waals surface area contributed by atoms with Crippen molar-refractivity contribution in [2.75, 3.05) is 11.5 Å². The molecule has 0 atom stereocenters. The molecule has 0 saturated heterocycles. The molecule has 0 aliphatic rings. The van der Waals surface area contributed by atoms with E-state index in [0.717, 1.165) is 22.4 Å². The number of ether oxygens (including phenoxy) is 1. The van der Waals surface area contributed by atoms with E-state index < -0.39 is 5.97 Å². The van der Waals surface area contributed by atoms with Crippen molar-refractivity contribution in [3.63, 3.8) is 0 Å². The number of hydrogen-bond donors (Lipinski definition) is 3. The van der Waals surface area contributed by atoms with Crippen LogP contribution in [0.5, 0.6) is 5.75 Å². The maximum Gasteiger partial charge on any atom is 0.303 e. The Hall–Kier alpha value is -3.79. The molecule has 0 radical (unpaired) electrons. The molecule has 0 unspecified atom stereocenters. The normalized spacial score (nSPS) is 10.3. The Balaban J connectivity index is 2.14. The molecule has 0 heterocycles. The number of nitrogens with two attached hydrogens (primary N) is 1. The van der Waals surface area contributed by atoms with Crippen molar-refractivity contribution in [1.82, 2.24) is 0 Å². The molecule has 168 valence electrons. The van der Waals surface area contributed by atoms with E-state index in [2.05, 4.69) is 11.8 Å². The van der Waals surface area contributed by atoms with Gasteiger partial charge < -0.3 is 20.5 Å².